The van der Waals surface area contributed by atoms with E-state index >= 15 is 0 Å². The first-order chi connectivity index (χ1) is 8.72. The highest BCUT2D eigenvalue weighted by Crippen LogP contribution is 2.30. The minimum atomic E-state index is 0.575. The minimum absolute atomic E-state index is 0.575. The van der Waals surface area contributed by atoms with Crippen LogP contribution in [0.5, 0.6) is 0 Å². The lowest BCUT2D eigenvalue weighted by molar-refractivity contribution is 0.552. The predicted molar refractivity (Wildman–Crippen MR) is 83.6 cm³/mol. The van der Waals surface area contributed by atoms with E-state index in [1.54, 1.807) is 0 Å². The molecule has 1 aliphatic rings. The number of benzene rings is 1. The Bertz CT molecular complexity index is 386. The third-order valence-electron chi connectivity index (χ3n) is 3.94. The van der Waals surface area contributed by atoms with E-state index in [2.05, 4.69) is 46.1 Å². The molecule has 0 spiro atoms. The first-order valence-corrected chi connectivity index (χ1v) is 8.12. The van der Waals surface area contributed by atoms with Crippen LogP contribution in [0.2, 0.25) is 0 Å². The summed E-state index contributed by atoms with van der Waals surface area (Å²) in [6, 6.07) is 7.11. The quantitative estimate of drug-likeness (QED) is 0.533. The van der Waals surface area contributed by atoms with Crippen LogP contribution < -0.4 is 4.90 Å². The van der Waals surface area contributed by atoms with Gasteiger partial charge in [-0.1, -0.05) is 41.6 Å². The first-order valence-electron chi connectivity index (χ1n) is 6.79. The van der Waals surface area contributed by atoms with Gasteiger partial charge in [0.25, 0.3) is 0 Å². The third kappa shape index (κ3) is 3.42. The fourth-order valence-corrected chi connectivity index (χ4v) is 3.47. The van der Waals surface area contributed by atoms with Gasteiger partial charge in [0.1, 0.15) is 0 Å². The SMILES string of the molecule is CN(c1ccc(Br)cc1CCl)C1CCCCCC1. The monoisotopic (exact) mass is 329 g/mol. The number of anilines is 1. The first kappa shape index (κ1) is 14.2. The molecule has 0 heterocycles. The van der Waals surface area contributed by atoms with Crippen molar-refractivity contribution in [3.63, 3.8) is 0 Å². The normalized spacial score (nSPS) is 17.5. The van der Waals surface area contributed by atoms with Gasteiger partial charge < -0.3 is 4.90 Å². The van der Waals surface area contributed by atoms with Crippen LogP contribution in [-0.2, 0) is 5.88 Å². The van der Waals surface area contributed by atoms with Crippen molar-refractivity contribution in [1.82, 2.24) is 0 Å². The number of hydrogen-bond donors (Lipinski definition) is 0. The van der Waals surface area contributed by atoms with Gasteiger partial charge in [-0.2, -0.15) is 0 Å². The highest BCUT2D eigenvalue weighted by Gasteiger charge is 2.19. The van der Waals surface area contributed by atoms with Crippen LogP contribution >= 0.6 is 27.5 Å². The molecular formula is C15H21BrClN. The van der Waals surface area contributed by atoms with Crippen molar-refractivity contribution in [2.75, 3.05) is 11.9 Å². The van der Waals surface area contributed by atoms with E-state index in [1.807, 2.05) is 0 Å². The number of nitrogens with zero attached hydrogens (tertiary/aromatic N) is 1. The Kier molecular flexibility index (Phi) is 5.38. The smallest absolute Gasteiger partial charge is 0.0494 e. The molecule has 18 heavy (non-hydrogen) atoms. The topological polar surface area (TPSA) is 3.24 Å². The number of rotatable bonds is 3. The molecule has 0 N–H and O–H groups in total. The molecule has 1 aromatic rings. The summed E-state index contributed by atoms with van der Waals surface area (Å²) in [6.07, 6.45) is 8.14. The molecule has 0 saturated heterocycles. The average molecular weight is 331 g/mol. The maximum absolute atomic E-state index is 6.07. The number of hydrogen-bond acceptors (Lipinski definition) is 1. The average Bonchev–Trinajstić information content (AvgIpc) is 2.66. The molecule has 3 heteroatoms. The van der Waals surface area contributed by atoms with Gasteiger partial charge in [-0.3, -0.25) is 0 Å². The maximum Gasteiger partial charge on any atom is 0.0494 e. The Hall–Kier alpha value is -0.210. The summed E-state index contributed by atoms with van der Waals surface area (Å²) < 4.78 is 1.11. The van der Waals surface area contributed by atoms with Crippen molar-refractivity contribution in [2.45, 2.75) is 50.4 Å². The Morgan fingerprint density at radius 1 is 1.22 bits per heavy atom. The fourth-order valence-electron chi connectivity index (χ4n) is 2.85. The molecule has 0 atom stereocenters. The minimum Gasteiger partial charge on any atom is -0.371 e. The Labute approximate surface area is 124 Å². The van der Waals surface area contributed by atoms with Crippen LogP contribution in [0.3, 0.4) is 0 Å². The summed E-state index contributed by atoms with van der Waals surface area (Å²) in [7, 11) is 2.22. The van der Waals surface area contributed by atoms with E-state index in [0.29, 0.717) is 11.9 Å². The molecule has 1 saturated carbocycles. The van der Waals surface area contributed by atoms with Crippen LogP contribution in [0.4, 0.5) is 5.69 Å². The zero-order valence-corrected chi connectivity index (χ0v) is 13.3. The maximum atomic E-state index is 6.07. The standard InChI is InChI=1S/C15H21BrClN/c1-18(14-6-4-2-3-5-7-14)15-9-8-13(16)10-12(15)11-17/h8-10,14H,2-7,11H2,1H3. The highest BCUT2D eigenvalue weighted by molar-refractivity contribution is 9.10. The second kappa shape index (κ2) is 6.81. The van der Waals surface area contributed by atoms with Crippen molar-refractivity contribution in [2.24, 2.45) is 0 Å². The van der Waals surface area contributed by atoms with Gasteiger partial charge in [-0.25, -0.2) is 0 Å². The lowest BCUT2D eigenvalue weighted by Gasteiger charge is -2.31. The summed E-state index contributed by atoms with van der Waals surface area (Å²) in [5, 5.41) is 0. The Morgan fingerprint density at radius 2 is 1.89 bits per heavy atom. The van der Waals surface area contributed by atoms with Crippen molar-refractivity contribution < 1.29 is 0 Å². The van der Waals surface area contributed by atoms with Crippen LogP contribution in [0, 0.1) is 0 Å². The van der Waals surface area contributed by atoms with Crippen molar-refractivity contribution >= 4 is 33.2 Å². The summed E-state index contributed by atoms with van der Waals surface area (Å²) in [6.45, 7) is 0. The molecule has 2 rings (SSSR count). The summed E-state index contributed by atoms with van der Waals surface area (Å²) in [5.74, 6) is 0.575. The van der Waals surface area contributed by atoms with Gasteiger partial charge in [-0.15, -0.1) is 11.6 Å². The molecule has 0 amide bonds. The molecule has 0 unspecified atom stereocenters. The fraction of sp³-hybridized carbons (Fsp3) is 0.600. The zero-order chi connectivity index (χ0) is 13.0. The number of halogens is 2. The summed E-state index contributed by atoms with van der Waals surface area (Å²) in [5.41, 5.74) is 2.51. The van der Waals surface area contributed by atoms with E-state index in [4.69, 9.17) is 11.6 Å². The van der Waals surface area contributed by atoms with E-state index < -0.39 is 0 Å². The molecule has 0 aromatic heterocycles. The molecule has 1 fully saturated rings. The Balaban J connectivity index is 2.18. The third-order valence-corrected chi connectivity index (χ3v) is 4.72. The van der Waals surface area contributed by atoms with E-state index in [0.717, 1.165) is 4.47 Å². The van der Waals surface area contributed by atoms with Crippen LogP contribution in [0.15, 0.2) is 22.7 Å². The number of alkyl halides is 1. The van der Waals surface area contributed by atoms with Gasteiger partial charge >= 0.3 is 0 Å². The molecule has 0 aliphatic heterocycles. The second-order valence-corrected chi connectivity index (χ2v) is 6.35. The summed E-state index contributed by atoms with van der Waals surface area (Å²) >= 11 is 9.59. The predicted octanol–water partition coefficient (Wildman–Crippen LogP) is 5.35. The van der Waals surface area contributed by atoms with Gasteiger partial charge in [0.15, 0.2) is 0 Å². The molecular weight excluding hydrogens is 310 g/mol. The van der Waals surface area contributed by atoms with E-state index in [9.17, 15) is 0 Å². The van der Waals surface area contributed by atoms with Crippen molar-refractivity contribution in [1.29, 1.82) is 0 Å². The summed E-state index contributed by atoms with van der Waals surface area (Å²) in [4.78, 5) is 2.44. The molecule has 1 nitrogen and oxygen atoms in total. The highest BCUT2D eigenvalue weighted by atomic mass is 79.9. The molecule has 0 bridgehead atoms. The second-order valence-electron chi connectivity index (χ2n) is 5.16. The van der Waals surface area contributed by atoms with E-state index in [-0.39, 0.29) is 0 Å². The van der Waals surface area contributed by atoms with Gasteiger partial charge in [-0.05, 0) is 36.6 Å². The van der Waals surface area contributed by atoms with Crippen LogP contribution in [-0.4, -0.2) is 13.1 Å². The van der Waals surface area contributed by atoms with Gasteiger partial charge in [0.05, 0.1) is 0 Å². The lowest BCUT2D eigenvalue weighted by Crippen LogP contribution is -2.31. The molecule has 1 aliphatic carbocycles. The van der Waals surface area contributed by atoms with Crippen molar-refractivity contribution in [3.05, 3.63) is 28.2 Å². The molecule has 1 aromatic carbocycles. The van der Waals surface area contributed by atoms with Crippen molar-refractivity contribution in [3.8, 4) is 0 Å². The van der Waals surface area contributed by atoms with E-state index in [1.165, 1.54) is 49.8 Å². The van der Waals surface area contributed by atoms with Gasteiger partial charge in [0, 0.05) is 29.1 Å². The van der Waals surface area contributed by atoms with Crippen LogP contribution in [0.25, 0.3) is 0 Å². The van der Waals surface area contributed by atoms with Gasteiger partial charge in [0.2, 0.25) is 0 Å². The largest absolute Gasteiger partial charge is 0.371 e. The zero-order valence-electron chi connectivity index (χ0n) is 11.0. The Morgan fingerprint density at radius 3 is 2.50 bits per heavy atom. The van der Waals surface area contributed by atoms with Crippen LogP contribution in [0.1, 0.15) is 44.1 Å². The lowest BCUT2D eigenvalue weighted by atomic mass is 10.1. The molecule has 0 radical (unpaired) electrons. The molecule has 100 valence electrons.